The van der Waals surface area contributed by atoms with E-state index in [0.717, 1.165) is 16.8 Å². The third-order valence-electron chi connectivity index (χ3n) is 4.54. The molecule has 1 amide bonds. The van der Waals surface area contributed by atoms with Gasteiger partial charge < -0.3 is 5.32 Å². The second kappa shape index (κ2) is 7.92. The first-order valence-corrected chi connectivity index (χ1v) is 10.4. The van der Waals surface area contributed by atoms with Gasteiger partial charge in [0.2, 0.25) is 15.9 Å². The molecule has 2 aromatic rings. The van der Waals surface area contributed by atoms with Crippen LogP contribution in [0.2, 0.25) is 0 Å². The van der Waals surface area contributed by atoms with Gasteiger partial charge in [-0.05, 0) is 42.7 Å². The zero-order valence-electron chi connectivity index (χ0n) is 14.6. The number of carbonyl (C=O) groups excluding carboxylic acids is 1. The van der Waals surface area contributed by atoms with Gasteiger partial charge in [-0.15, -0.1) is 0 Å². The maximum atomic E-state index is 12.4. The van der Waals surface area contributed by atoms with Crippen LogP contribution >= 0.6 is 0 Å². The minimum absolute atomic E-state index is 0.0297. The maximum absolute atomic E-state index is 12.4. The van der Waals surface area contributed by atoms with E-state index in [2.05, 4.69) is 15.3 Å². The fraction of sp³-hybridized carbons (Fsp3) is 0.389. The summed E-state index contributed by atoms with van der Waals surface area (Å²) in [6, 6.07) is 7.59. The molecule has 3 heterocycles. The van der Waals surface area contributed by atoms with Gasteiger partial charge in [-0.2, -0.15) is 0 Å². The quantitative estimate of drug-likeness (QED) is 0.855. The highest BCUT2D eigenvalue weighted by atomic mass is 32.2. The smallest absolute Gasteiger partial charge is 0.223 e. The molecule has 0 saturated carbocycles. The maximum Gasteiger partial charge on any atom is 0.223 e. The van der Waals surface area contributed by atoms with Gasteiger partial charge in [0.1, 0.15) is 0 Å². The van der Waals surface area contributed by atoms with Gasteiger partial charge in [-0.1, -0.05) is 0 Å². The van der Waals surface area contributed by atoms with Gasteiger partial charge in [0.15, 0.2) is 0 Å². The highest BCUT2D eigenvalue weighted by Crippen LogP contribution is 2.20. The normalized spacial score (nSPS) is 16.3. The Hall–Kier alpha value is -2.32. The van der Waals surface area contributed by atoms with Crippen LogP contribution in [0.4, 0.5) is 0 Å². The summed E-state index contributed by atoms with van der Waals surface area (Å²) in [7, 11) is -3.17. The first-order valence-electron chi connectivity index (χ1n) is 8.51. The zero-order chi connectivity index (χ0) is 18.6. The van der Waals surface area contributed by atoms with Crippen molar-refractivity contribution in [3.05, 3.63) is 48.4 Å². The molecule has 2 aromatic heterocycles. The minimum Gasteiger partial charge on any atom is -0.352 e. The summed E-state index contributed by atoms with van der Waals surface area (Å²) >= 11 is 0. The van der Waals surface area contributed by atoms with Gasteiger partial charge in [0, 0.05) is 49.7 Å². The Morgan fingerprint density at radius 3 is 2.69 bits per heavy atom. The second-order valence-electron chi connectivity index (χ2n) is 6.45. The van der Waals surface area contributed by atoms with Crippen molar-refractivity contribution in [1.82, 2.24) is 19.6 Å². The van der Waals surface area contributed by atoms with Crippen molar-refractivity contribution in [1.29, 1.82) is 0 Å². The Morgan fingerprint density at radius 2 is 2.04 bits per heavy atom. The monoisotopic (exact) mass is 374 g/mol. The number of nitrogens with zero attached hydrogens (tertiary/aromatic N) is 3. The lowest BCUT2D eigenvalue weighted by molar-refractivity contribution is -0.126. The highest BCUT2D eigenvalue weighted by Gasteiger charge is 2.28. The number of sulfonamides is 1. The van der Waals surface area contributed by atoms with Crippen molar-refractivity contribution in [2.75, 3.05) is 19.3 Å². The van der Waals surface area contributed by atoms with E-state index in [0.29, 0.717) is 32.5 Å². The summed E-state index contributed by atoms with van der Waals surface area (Å²) in [6.07, 6.45) is 7.49. The number of amides is 1. The summed E-state index contributed by atoms with van der Waals surface area (Å²) in [4.78, 5) is 20.8. The highest BCUT2D eigenvalue weighted by molar-refractivity contribution is 7.88. The minimum atomic E-state index is -3.17. The van der Waals surface area contributed by atoms with E-state index in [1.165, 1.54) is 10.6 Å². The summed E-state index contributed by atoms with van der Waals surface area (Å²) < 4.78 is 24.5. The fourth-order valence-corrected chi connectivity index (χ4v) is 3.91. The molecule has 0 aromatic carbocycles. The van der Waals surface area contributed by atoms with Crippen molar-refractivity contribution in [2.45, 2.75) is 19.4 Å². The molecule has 1 N–H and O–H groups in total. The largest absolute Gasteiger partial charge is 0.352 e. The van der Waals surface area contributed by atoms with Crippen LogP contribution in [0.15, 0.2) is 42.9 Å². The molecule has 0 bridgehead atoms. The topological polar surface area (TPSA) is 92.3 Å². The van der Waals surface area contributed by atoms with Crippen molar-refractivity contribution in [3.63, 3.8) is 0 Å². The molecule has 1 saturated heterocycles. The van der Waals surface area contributed by atoms with E-state index >= 15 is 0 Å². The number of carbonyl (C=O) groups is 1. The van der Waals surface area contributed by atoms with Crippen LogP contribution in [-0.2, 0) is 21.4 Å². The van der Waals surface area contributed by atoms with Gasteiger partial charge >= 0.3 is 0 Å². The molecule has 0 aliphatic carbocycles. The molecule has 3 rings (SSSR count). The third kappa shape index (κ3) is 4.64. The average Bonchev–Trinajstić information content (AvgIpc) is 2.66. The number of rotatable bonds is 5. The van der Waals surface area contributed by atoms with Crippen molar-refractivity contribution < 1.29 is 13.2 Å². The number of aromatic nitrogens is 2. The predicted molar refractivity (Wildman–Crippen MR) is 98.5 cm³/mol. The summed E-state index contributed by atoms with van der Waals surface area (Å²) in [5.41, 5.74) is 2.70. The predicted octanol–water partition coefficient (Wildman–Crippen LogP) is 1.43. The zero-order valence-corrected chi connectivity index (χ0v) is 15.4. The van der Waals surface area contributed by atoms with Crippen LogP contribution in [-0.4, -0.2) is 47.9 Å². The van der Waals surface area contributed by atoms with Crippen LogP contribution in [0.25, 0.3) is 11.3 Å². The Kier molecular flexibility index (Phi) is 5.63. The first-order chi connectivity index (χ1) is 12.4. The Morgan fingerprint density at radius 1 is 1.27 bits per heavy atom. The van der Waals surface area contributed by atoms with E-state index in [1.54, 1.807) is 18.6 Å². The molecule has 0 radical (unpaired) electrons. The molecule has 138 valence electrons. The van der Waals surface area contributed by atoms with Crippen LogP contribution < -0.4 is 5.32 Å². The molecule has 8 heteroatoms. The number of pyridine rings is 2. The van der Waals surface area contributed by atoms with E-state index in [9.17, 15) is 13.2 Å². The molecule has 0 unspecified atom stereocenters. The number of nitrogens with one attached hydrogen (secondary N) is 1. The second-order valence-corrected chi connectivity index (χ2v) is 8.43. The van der Waals surface area contributed by atoms with Gasteiger partial charge in [0.25, 0.3) is 0 Å². The Balaban J connectivity index is 1.56. The fourth-order valence-electron chi connectivity index (χ4n) is 3.04. The molecular weight excluding hydrogens is 352 g/mol. The van der Waals surface area contributed by atoms with E-state index in [1.807, 2.05) is 24.3 Å². The molecule has 26 heavy (non-hydrogen) atoms. The summed E-state index contributed by atoms with van der Waals surface area (Å²) in [5, 5.41) is 2.95. The van der Waals surface area contributed by atoms with Gasteiger partial charge in [0.05, 0.1) is 11.9 Å². The van der Waals surface area contributed by atoms with Crippen LogP contribution in [0, 0.1) is 5.92 Å². The lowest BCUT2D eigenvalue weighted by atomic mass is 9.97. The van der Waals surface area contributed by atoms with Gasteiger partial charge in [-0.3, -0.25) is 14.8 Å². The molecule has 7 nitrogen and oxygen atoms in total. The number of hydrogen-bond donors (Lipinski definition) is 1. The standard InChI is InChI=1S/C18H22N4O3S/c1-26(24,25)22-9-5-15(6-10-22)18(23)21-12-14-4-8-20-17(11-14)16-3-2-7-19-13-16/h2-4,7-8,11,13,15H,5-6,9-10,12H2,1H3,(H,21,23). The summed E-state index contributed by atoms with van der Waals surface area (Å²) in [6.45, 7) is 1.22. The van der Waals surface area contributed by atoms with Crippen LogP contribution in [0.3, 0.4) is 0 Å². The van der Waals surface area contributed by atoms with E-state index in [4.69, 9.17) is 0 Å². The molecule has 1 aliphatic rings. The number of piperidine rings is 1. The first kappa shape index (κ1) is 18.5. The lowest BCUT2D eigenvalue weighted by Gasteiger charge is -2.29. The molecular formula is C18H22N4O3S. The molecule has 0 atom stereocenters. The van der Waals surface area contributed by atoms with Crippen LogP contribution in [0.1, 0.15) is 18.4 Å². The molecule has 1 fully saturated rings. The van der Waals surface area contributed by atoms with Crippen molar-refractivity contribution in [2.24, 2.45) is 5.92 Å². The third-order valence-corrected chi connectivity index (χ3v) is 5.85. The number of hydrogen-bond acceptors (Lipinski definition) is 5. The summed E-state index contributed by atoms with van der Waals surface area (Å²) in [5.74, 6) is -0.175. The SMILES string of the molecule is CS(=O)(=O)N1CCC(C(=O)NCc2ccnc(-c3cccnc3)c2)CC1. The molecule has 0 spiro atoms. The van der Waals surface area contributed by atoms with E-state index < -0.39 is 10.0 Å². The van der Waals surface area contributed by atoms with Crippen molar-refractivity contribution in [3.8, 4) is 11.3 Å². The lowest BCUT2D eigenvalue weighted by Crippen LogP contribution is -2.42. The van der Waals surface area contributed by atoms with E-state index in [-0.39, 0.29) is 11.8 Å². The average molecular weight is 374 g/mol. The van der Waals surface area contributed by atoms with Crippen molar-refractivity contribution >= 4 is 15.9 Å². The Bertz CT molecular complexity index is 863. The van der Waals surface area contributed by atoms with Gasteiger partial charge in [-0.25, -0.2) is 12.7 Å². The van der Waals surface area contributed by atoms with Crippen LogP contribution in [0.5, 0.6) is 0 Å². The molecule has 1 aliphatic heterocycles. The Labute approximate surface area is 153 Å².